The number of hydrogen-bond donors (Lipinski definition) is 2. The molecule has 5 rings (SSSR count). The van der Waals surface area contributed by atoms with Crippen molar-refractivity contribution in [3.63, 3.8) is 0 Å². The zero-order valence-corrected chi connectivity index (χ0v) is 29.2. The van der Waals surface area contributed by atoms with Gasteiger partial charge in [-0.3, -0.25) is 14.4 Å². The summed E-state index contributed by atoms with van der Waals surface area (Å²) in [5.41, 5.74) is 1.53. The van der Waals surface area contributed by atoms with Crippen molar-refractivity contribution in [1.82, 2.24) is 25.0 Å². The Hall–Kier alpha value is -4.07. The first-order chi connectivity index (χ1) is 24.2. The fourth-order valence-corrected chi connectivity index (χ4v) is 6.70. The van der Waals surface area contributed by atoms with E-state index in [0.29, 0.717) is 25.3 Å². The number of carbonyl (C=O) groups excluding carboxylic acids is 3. The van der Waals surface area contributed by atoms with E-state index >= 15 is 0 Å². The van der Waals surface area contributed by atoms with Crippen LogP contribution in [0.4, 0.5) is 8.78 Å². The molecule has 2 aromatic carbocycles. The summed E-state index contributed by atoms with van der Waals surface area (Å²) in [5.74, 6) is -2.60. The third-order valence-electron chi connectivity index (χ3n) is 9.75. The highest BCUT2D eigenvalue weighted by atomic mass is 19.2. The molecule has 0 bridgehead atoms. The smallest absolute Gasteiger partial charge is 0.274 e. The number of aryl methyl sites for hydroxylation is 1. The molecule has 13 heteroatoms. The second-order valence-electron chi connectivity index (χ2n) is 13.0. The zero-order chi connectivity index (χ0) is 35.6. The van der Waals surface area contributed by atoms with E-state index in [1.165, 1.54) is 4.57 Å². The summed E-state index contributed by atoms with van der Waals surface area (Å²) in [6.07, 6.45) is 4.91. The molecular formula is C37H49F2N5O6. The van der Waals surface area contributed by atoms with E-state index in [9.17, 15) is 23.2 Å². The Morgan fingerprint density at radius 3 is 2.22 bits per heavy atom. The molecule has 2 N–H and O–H groups in total. The fraction of sp³-hybridized carbons (Fsp3) is 0.541. The third kappa shape index (κ3) is 8.98. The number of halogens is 2. The number of nitrogens with one attached hydrogen (secondary N) is 2. The van der Waals surface area contributed by atoms with Crippen molar-refractivity contribution in [2.24, 2.45) is 13.0 Å². The van der Waals surface area contributed by atoms with Crippen LogP contribution in [0.1, 0.15) is 55.1 Å². The molecule has 3 aromatic rings. The molecule has 0 spiro atoms. The molecule has 1 aliphatic carbocycles. The van der Waals surface area contributed by atoms with Crippen molar-refractivity contribution in [2.75, 3.05) is 59.7 Å². The van der Waals surface area contributed by atoms with Gasteiger partial charge in [0, 0.05) is 44.7 Å². The molecule has 2 atom stereocenters. The van der Waals surface area contributed by atoms with E-state index in [1.54, 1.807) is 30.8 Å². The van der Waals surface area contributed by atoms with E-state index in [4.69, 9.17) is 14.2 Å². The van der Waals surface area contributed by atoms with Crippen LogP contribution in [0, 0.1) is 17.6 Å². The van der Waals surface area contributed by atoms with Gasteiger partial charge in [0.25, 0.3) is 5.91 Å². The van der Waals surface area contributed by atoms with E-state index in [2.05, 4.69) is 10.6 Å². The molecular weight excluding hydrogens is 648 g/mol. The molecule has 1 saturated carbocycles. The lowest BCUT2D eigenvalue weighted by Gasteiger charge is -2.39. The monoisotopic (exact) mass is 697 g/mol. The number of likely N-dealkylation sites (N-methyl/N-ethyl adjacent to an activating group) is 1. The fourth-order valence-electron chi connectivity index (χ4n) is 6.70. The first-order valence-corrected chi connectivity index (χ1v) is 17.5. The number of amides is 3. The molecule has 2 heterocycles. The van der Waals surface area contributed by atoms with Gasteiger partial charge in [-0.15, -0.1) is 0 Å². The molecule has 1 aliphatic heterocycles. The normalized spacial score (nSPS) is 16.7. The van der Waals surface area contributed by atoms with Crippen LogP contribution in [-0.4, -0.2) is 104 Å². The van der Waals surface area contributed by atoms with Gasteiger partial charge in [0.05, 0.1) is 38.0 Å². The van der Waals surface area contributed by atoms with E-state index in [1.807, 2.05) is 30.3 Å². The number of aromatic nitrogens is 1. The Bertz CT molecular complexity index is 1600. The van der Waals surface area contributed by atoms with Crippen molar-refractivity contribution < 1.29 is 37.4 Å². The highest BCUT2D eigenvalue weighted by Gasteiger charge is 2.37. The van der Waals surface area contributed by atoms with Crippen LogP contribution in [0.25, 0.3) is 10.9 Å². The highest BCUT2D eigenvalue weighted by molar-refractivity contribution is 6.04. The van der Waals surface area contributed by atoms with Gasteiger partial charge < -0.3 is 39.2 Å². The Kier molecular flexibility index (Phi) is 13.2. The van der Waals surface area contributed by atoms with E-state index in [0.717, 1.165) is 49.8 Å². The van der Waals surface area contributed by atoms with Crippen molar-refractivity contribution >= 4 is 28.6 Å². The number of hydrogen-bond acceptors (Lipinski definition) is 7. The van der Waals surface area contributed by atoms with Crippen LogP contribution in [-0.2, 0) is 32.7 Å². The molecule has 272 valence electrons. The van der Waals surface area contributed by atoms with Gasteiger partial charge in [0.15, 0.2) is 23.1 Å². The summed E-state index contributed by atoms with van der Waals surface area (Å²) in [5, 5.41) is 6.22. The summed E-state index contributed by atoms with van der Waals surface area (Å²) in [6.45, 7) is 4.27. The van der Waals surface area contributed by atoms with Gasteiger partial charge in [-0.05, 0) is 44.4 Å². The summed E-state index contributed by atoms with van der Waals surface area (Å²) < 4.78 is 47.6. The maximum Gasteiger partial charge on any atom is 0.274 e. The number of benzene rings is 2. The first-order valence-electron chi connectivity index (χ1n) is 17.5. The molecule has 0 radical (unpaired) electrons. The Morgan fingerprint density at radius 1 is 0.880 bits per heavy atom. The first kappa shape index (κ1) is 37.2. The number of carbonyl (C=O) groups is 3. The summed E-state index contributed by atoms with van der Waals surface area (Å²) in [6, 6.07) is 10.8. The van der Waals surface area contributed by atoms with Gasteiger partial charge in [-0.25, -0.2) is 8.78 Å². The van der Waals surface area contributed by atoms with Crippen LogP contribution in [0.15, 0.2) is 42.5 Å². The summed E-state index contributed by atoms with van der Waals surface area (Å²) in [7, 11) is 3.32. The van der Waals surface area contributed by atoms with Gasteiger partial charge >= 0.3 is 0 Å². The molecule has 50 heavy (non-hydrogen) atoms. The van der Waals surface area contributed by atoms with Crippen LogP contribution in [0.3, 0.4) is 0 Å². The molecule has 3 amide bonds. The molecule has 2 fully saturated rings. The number of rotatable bonds is 15. The minimum atomic E-state index is -1.05. The predicted molar refractivity (Wildman–Crippen MR) is 185 cm³/mol. The van der Waals surface area contributed by atoms with Crippen molar-refractivity contribution in [3.8, 4) is 5.75 Å². The molecule has 11 nitrogen and oxygen atoms in total. The number of piperazine rings is 1. The number of nitrogens with zero attached hydrogens (tertiary/aromatic N) is 3. The minimum Gasteiger partial charge on any atom is -0.488 e. The van der Waals surface area contributed by atoms with Crippen LogP contribution in [0.2, 0.25) is 0 Å². The number of fused-ring (bicyclic) bond motifs is 1. The van der Waals surface area contributed by atoms with E-state index < -0.39 is 23.7 Å². The quantitative estimate of drug-likeness (QED) is 0.231. The van der Waals surface area contributed by atoms with Gasteiger partial charge in [0.2, 0.25) is 11.8 Å². The maximum atomic E-state index is 14.4. The summed E-state index contributed by atoms with van der Waals surface area (Å²) >= 11 is 0. The lowest BCUT2D eigenvalue weighted by molar-refractivity contribution is -0.140. The van der Waals surface area contributed by atoms with Crippen molar-refractivity contribution in [3.05, 3.63) is 65.4 Å². The van der Waals surface area contributed by atoms with Gasteiger partial charge in [-0.1, -0.05) is 49.6 Å². The number of ether oxygens (including phenoxy) is 3. The van der Waals surface area contributed by atoms with Crippen LogP contribution in [0.5, 0.6) is 5.75 Å². The second kappa shape index (κ2) is 17.7. The van der Waals surface area contributed by atoms with E-state index in [-0.39, 0.29) is 79.9 Å². The minimum absolute atomic E-state index is 0.0611. The van der Waals surface area contributed by atoms with Crippen LogP contribution >= 0.6 is 0 Å². The van der Waals surface area contributed by atoms with Crippen LogP contribution < -0.4 is 15.4 Å². The lowest BCUT2D eigenvalue weighted by atomic mass is 9.83. The van der Waals surface area contributed by atoms with Crippen molar-refractivity contribution in [2.45, 2.75) is 57.7 Å². The highest BCUT2D eigenvalue weighted by Crippen LogP contribution is 2.35. The predicted octanol–water partition coefficient (Wildman–Crippen LogP) is 4.03. The topological polar surface area (TPSA) is 114 Å². The molecule has 1 unspecified atom stereocenters. The SMILES string of the molecule is CN[C@@H](C)C(=O)NC(C(=O)N1CCN(C(=O)c2c(OCCOCCOCc3ccccc3)c3cc(F)c(F)cc3n2C)CC1)C1CCCCC1. The lowest BCUT2D eigenvalue weighted by Crippen LogP contribution is -2.59. The largest absolute Gasteiger partial charge is 0.488 e. The molecule has 2 aliphatic rings. The average Bonchev–Trinajstić information content (AvgIpc) is 3.40. The summed E-state index contributed by atoms with van der Waals surface area (Å²) in [4.78, 5) is 44.0. The standard InChI is InChI=1S/C37H49F2N5O6/c1-25(40-2)35(45)41-32(27-12-8-5-9-13-27)36(46)43-14-16-44(17-15-43)37(47)33-34(28-22-29(38)30(39)23-31(28)42(33)3)50-21-20-48-18-19-49-24-26-10-6-4-7-11-26/h4,6-7,10-11,22-23,25,27,32,40H,5,8-9,12-21,24H2,1-3H3,(H,41,45)/t25-,32?/m0/s1. The molecule has 1 aromatic heterocycles. The second-order valence-corrected chi connectivity index (χ2v) is 13.0. The van der Waals surface area contributed by atoms with Gasteiger partial charge in [0.1, 0.15) is 12.6 Å². The Balaban J connectivity index is 1.22. The Morgan fingerprint density at radius 2 is 1.52 bits per heavy atom. The zero-order valence-electron chi connectivity index (χ0n) is 29.2. The van der Waals surface area contributed by atoms with Gasteiger partial charge in [-0.2, -0.15) is 0 Å². The average molecular weight is 698 g/mol. The maximum absolute atomic E-state index is 14.4. The molecule has 1 saturated heterocycles. The Labute approximate surface area is 292 Å². The van der Waals surface area contributed by atoms with Crippen molar-refractivity contribution in [1.29, 1.82) is 0 Å². The third-order valence-corrected chi connectivity index (χ3v) is 9.75.